The van der Waals surface area contributed by atoms with Crippen molar-refractivity contribution < 1.29 is 0 Å². The summed E-state index contributed by atoms with van der Waals surface area (Å²) in [6.07, 6.45) is 0. The normalized spacial score (nSPS) is 11.5. The summed E-state index contributed by atoms with van der Waals surface area (Å²) in [5.74, 6) is 5.06. The molecule has 0 bridgehead atoms. The van der Waals surface area contributed by atoms with Crippen LogP contribution >= 0.6 is 34.0 Å². The van der Waals surface area contributed by atoms with E-state index in [0.717, 1.165) is 111 Å². The van der Waals surface area contributed by atoms with Crippen molar-refractivity contribution in [3.8, 4) is 138 Å². The van der Waals surface area contributed by atoms with Crippen molar-refractivity contribution in [2.24, 2.45) is 0 Å². The lowest BCUT2D eigenvalue weighted by atomic mass is 10.1. The van der Waals surface area contributed by atoms with Crippen LogP contribution in [0.15, 0.2) is 419 Å². The van der Waals surface area contributed by atoms with Gasteiger partial charge in [0.15, 0.2) is 52.4 Å². The molecule has 0 unspecified atom stereocenters. The van der Waals surface area contributed by atoms with Crippen molar-refractivity contribution in [2.45, 2.75) is 0 Å². The number of hydrogen-bond donors (Lipinski definition) is 0. The Kier molecular flexibility index (Phi) is 20.2. The third-order valence-corrected chi connectivity index (χ3v) is 28.9. The highest BCUT2D eigenvalue weighted by Gasteiger charge is 2.27. The first-order chi connectivity index (χ1) is 68.3. The minimum Gasteiger partial charge on any atom is -0.308 e. The van der Waals surface area contributed by atoms with Crippen molar-refractivity contribution >= 4 is 160 Å². The van der Waals surface area contributed by atoms with Crippen LogP contribution in [-0.4, -0.2) is 58.6 Å². The number of benzene rings is 18. The van der Waals surface area contributed by atoms with Crippen LogP contribution in [0.3, 0.4) is 0 Å². The second-order valence-electron chi connectivity index (χ2n) is 33.5. The van der Waals surface area contributed by atoms with E-state index < -0.39 is 0 Å². The summed E-state index contributed by atoms with van der Waals surface area (Å²) in [4.78, 5) is 43.8. The number of aromatic nitrogens is 12. The molecule has 9 heterocycles. The lowest BCUT2D eigenvalue weighted by Gasteiger charge is -2.12. The van der Waals surface area contributed by atoms with E-state index in [4.69, 9.17) is 44.9 Å². The second kappa shape index (κ2) is 34.3. The maximum atomic E-state index is 10.6. The third-order valence-electron chi connectivity index (χ3n) is 25.5. The third kappa shape index (κ3) is 14.3. The predicted octanol–water partition coefficient (Wildman–Crippen LogP) is 30.6. The van der Waals surface area contributed by atoms with E-state index >= 15 is 0 Å². The first kappa shape index (κ1) is 81.5. The maximum Gasteiger partial charge on any atom is 0.164 e. The van der Waals surface area contributed by atoms with Gasteiger partial charge in [0.2, 0.25) is 0 Å². The molecule has 0 saturated carbocycles. The number of nitrogens with zero attached hydrogens (tertiary/aromatic N) is 15. The average molecular weight is 1820 g/mol. The molecule has 18 aromatic carbocycles. The van der Waals surface area contributed by atoms with Gasteiger partial charge in [0.1, 0.15) is 18.2 Å². The van der Waals surface area contributed by atoms with Gasteiger partial charge >= 0.3 is 0 Å². The number of nitriles is 3. The summed E-state index contributed by atoms with van der Waals surface area (Å²) in [5.41, 5.74) is 18.1. The van der Waals surface area contributed by atoms with Gasteiger partial charge in [0, 0.05) is 143 Å². The van der Waals surface area contributed by atoms with Crippen LogP contribution in [0.25, 0.3) is 245 Å². The predicted molar refractivity (Wildman–Crippen MR) is 564 cm³/mol. The zero-order valence-corrected chi connectivity index (χ0v) is 75.7. The Balaban J connectivity index is 0.000000110. The van der Waals surface area contributed by atoms with Gasteiger partial charge in [-0.25, -0.2) is 44.9 Å². The number of para-hydroxylation sites is 3. The van der Waals surface area contributed by atoms with Crippen LogP contribution in [0.1, 0.15) is 16.7 Å². The topological polar surface area (TPSA) is 202 Å². The molecule has 0 amide bonds. The molecule has 27 aromatic rings. The van der Waals surface area contributed by atoms with E-state index in [9.17, 15) is 15.8 Å². The summed E-state index contributed by atoms with van der Waals surface area (Å²) in [6, 6.07) is 149. The van der Waals surface area contributed by atoms with Gasteiger partial charge in [-0.1, -0.05) is 297 Å². The van der Waals surface area contributed by atoms with E-state index in [-0.39, 0.29) is 0 Å². The minimum atomic E-state index is 0.518. The van der Waals surface area contributed by atoms with Crippen LogP contribution in [0, 0.1) is 34.0 Å². The van der Waals surface area contributed by atoms with Crippen LogP contribution in [0.4, 0.5) is 0 Å². The van der Waals surface area contributed by atoms with E-state index in [0.29, 0.717) is 69.1 Å². The summed E-state index contributed by atoms with van der Waals surface area (Å²) in [6.45, 7) is 0. The first-order valence-corrected chi connectivity index (χ1v) is 47.5. The molecule has 0 aliphatic rings. The molecule has 15 nitrogen and oxygen atoms in total. The molecule has 18 heteroatoms. The number of fused-ring (bicyclic) bond motifs is 20. The highest BCUT2D eigenvalue weighted by molar-refractivity contribution is 7.27. The number of rotatable bonds is 12. The maximum absolute atomic E-state index is 10.6. The Morgan fingerprint density at radius 3 is 0.877 bits per heavy atom. The quantitative estimate of drug-likeness (QED) is 0.112. The smallest absolute Gasteiger partial charge is 0.164 e. The summed E-state index contributed by atoms with van der Waals surface area (Å²) in [7, 11) is 0. The summed E-state index contributed by atoms with van der Waals surface area (Å²) >= 11 is 5.45. The molecule has 0 aliphatic heterocycles. The van der Waals surface area contributed by atoms with Crippen molar-refractivity contribution in [3.05, 3.63) is 435 Å². The molecular formula is C120H69N15S3. The number of thiophene rings is 3. The van der Waals surface area contributed by atoms with Crippen molar-refractivity contribution in [2.75, 3.05) is 0 Å². The molecule has 0 saturated heterocycles. The molecule has 0 spiro atoms. The largest absolute Gasteiger partial charge is 0.308 e. The Morgan fingerprint density at radius 1 is 0.174 bits per heavy atom. The van der Waals surface area contributed by atoms with Gasteiger partial charge in [-0.15, -0.1) is 34.0 Å². The monoisotopic (exact) mass is 1820 g/mol. The Hall–Kier alpha value is -18.5. The molecule has 0 N–H and O–H groups in total. The van der Waals surface area contributed by atoms with E-state index in [1.807, 2.05) is 271 Å². The summed E-state index contributed by atoms with van der Waals surface area (Å²) < 4.78 is 14.2. The van der Waals surface area contributed by atoms with Crippen LogP contribution < -0.4 is 0 Å². The Morgan fingerprint density at radius 2 is 0.471 bits per heavy atom. The van der Waals surface area contributed by atoms with E-state index in [1.54, 1.807) is 0 Å². The van der Waals surface area contributed by atoms with Crippen LogP contribution in [0.2, 0.25) is 0 Å². The molecule has 9 aromatic heterocycles. The van der Waals surface area contributed by atoms with Gasteiger partial charge in [-0.05, 0) is 121 Å². The van der Waals surface area contributed by atoms with Crippen LogP contribution in [-0.2, 0) is 0 Å². The fourth-order valence-corrected chi connectivity index (χ4v) is 22.7. The molecule has 138 heavy (non-hydrogen) atoms. The van der Waals surface area contributed by atoms with Gasteiger partial charge in [-0.3, -0.25) is 0 Å². The zero-order valence-electron chi connectivity index (χ0n) is 73.3. The average Bonchev–Trinajstić information content (AvgIpc) is 1.55. The molecule has 27 rings (SSSR count). The molecule has 0 radical (unpaired) electrons. The molecule has 0 atom stereocenters. The fraction of sp³-hybridized carbons (Fsp3) is 0. The van der Waals surface area contributed by atoms with Crippen LogP contribution in [0.5, 0.6) is 0 Å². The number of hydrogen-bond acceptors (Lipinski definition) is 15. The van der Waals surface area contributed by atoms with Gasteiger partial charge < -0.3 is 13.7 Å². The van der Waals surface area contributed by atoms with Gasteiger partial charge in [0.25, 0.3) is 0 Å². The highest BCUT2D eigenvalue weighted by atomic mass is 32.1. The SMILES string of the molecule is N#Cc1cc(-c2nc(-c3ccccc3)nc(-c3ccccc3)n2)ccc1-n1c2ccccc2c2c3c(ccc21)sc1ccccc13.N#Cc1cc(-c2nc(-c3ccccc3)nc(-c3ccccc3)n2)ccc1-n1c2ccccc2c2c3sc4ccccc4c3ccc21.N#Cc1cc(-c2nc(-c3ccccc3)nc(-c3ccccc3)n2)ccc1-n1c2ccccc2c2cc3sc4ccccc4c3cc21. The van der Waals surface area contributed by atoms with Gasteiger partial charge in [0.05, 0.1) is 66.9 Å². The molecule has 0 aliphatic carbocycles. The van der Waals surface area contributed by atoms with Crippen molar-refractivity contribution in [1.29, 1.82) is 15.8 Å². The van der Waals surface area contributed by atoms with Gasteiger partial charge in [-0.2, -0.15) is 15.8 Å². The van der Waals surface area contributed by atoms with E-state index in [1.165, 1.54) is 82.1 Å². The van der Waals surface area contributed by atoms with E-state index in [2.05, 4.69) is 214 Å². The highest BCUT2D eigenvalue weighted by Crippen LogP contribution is 2.48. The van der Waals surface area contributed by atoms with Crippen molar-refractivity contribution in [3.63, 3.8) is 0 Å². The summed E-state index contributed by atoms with van der Waals surface area (Å²) in [5, 5.41) is 46.2. The second-order valence-corrected chi connectivity index (χ2v) is 36.8. The Bertz CT molecular complexity index is 9340. The standard InChI is InChI=1S/3C40H23N5S/c41-24-28-23-27(40-43-38(25-11-3-1-4-12-25)42-39(44-40)26-13-5-2-6-14-26)19-21-32(28)45-33-17-9-7-16-31(33)36-34(45)22-20-30-29-15-8-10-18-35(29)46-37(30)36;41-24-28-21-27(40-43-38(25-11-3-1-4-12-25)42-39(44-40)26-13-5-2-6-14-26)19-20-33(28)45-34-17-9-7-15-29(34)31-23-37-32(22-35(31)45)30-16-8-10-18-36(30)46-37;41-24-28-23-27(40-43-38(25-11-3-1-4-12-25)42-39(44-40)26-13-5-2-6-14-26)19-20-31(28)45-32-17-9-7-15-29(32)36-33(45)21-22-35-37(36)30-16-8-10-18-34(30)46-35/h3*1-23H. The zero-order chi connectivity index (χ0) is 91.8. The first-order valence-electron chi connectivity index (χ1n) is 45.1. The fourth-order valence-electron chi connectivity index (χ4n) is 19.2. The Labute approximate surface area is 801 Å². The lowest BCUT2D eigenvalue weighted by molar-refractivity contribution is 1.07. The lowest BCUT2D eigenvalue weighted by Crippen LogP contribution is -2.02. The molecule has 642 valence electrons. The minimum absolute atomic E-state index is 0.518. The molecular weight excluding hydrogens is 1750 g/mol. The van der Waals surface area contributed by atoms with Crippen molar-refractivity contribution in [1.82, 2.24) is 58.6 Å². The molecule has 0 fully saturated rings.